The van der Waals surface area contributed by atoms with Crippen LogP contribution in [0, 0.1) is 17.8 Å². The highest BCUT2D eigenvalue weighted by Gasteiger charge is 2.38. The standard InChI is InChI=1S/C27H33N3O/c1-19-18-28-24(17-20-11-8-7-9-12-20)30-25(19)29-22-14-10-13-21(15-22)16-23(31)27(5,6)26(2,3)4/h7-15,18H,16-17H2,1-6H3,(H,28,29,30). The Morgan fingerprint density at radius 2 is 1.61 bits per heavy atom. The van der Waals surface area contributed by atoms with Crippen LogP contribution in [0.15, 0.2) is 60.8 Å². The van der Waals surface area contributed by atoms with Crippen LogP contribution in [0.25, 0.3) is 0 Å². The van der Waals surface area contributed by atoms with Gasteiger partial charge >= 0.3 is 0 Å². The number of carbonyl (C=O) groups excluding carboxylic acids is 1. The summed E-state index contributed by atoms with van der Waals surface area (Å²) in [5, 5.41) is 3.42. The number of aryl methyl sites for hydroxylation is 1. The molecule has 0 unspecified atom stereocenters. The monoisotopic (exact) mass is 415 g/mol. The van der Waals surface area contributed by atoms with Crippen molar-refractivity contribution in [3.05, 3.63) is 83.3 Å². The summed E-state index contributed by atoms with van der Waals surface area (Å²) in [5.41, 5.74) is 3.60. The first-order valence-electron chi connectivity index (χ1n) is 10.8. The van der Waals surface area contributed by atoms with Gasteiger partial charge in [0.15, 0.2) is 0 Å². The molecule has 0 radical (unpaired) electrons. The molecule has 0 atom stereocenters. The van der Waals surface area contributed by atoms with E-state index in [0.29, 0.717) is 12.8 Å². The van der Waals surface area contributed by atoms with E-state index in [2.05, 4.69) is 43.2 Å². The summed E-state index contributed by atoms with van der Waals surface area (Å²) in [6.07, 6.45) is 2.96. The number of benzene rings is 2. The predicted octanol–water partition coefficient (Wildman–Crippen LogP) is 6.30. The largest absolute Gasteiger partial charge is 0.340 e. The minimum Gasteiger partial charge on any atom is -0.340 e. The SMILES string of the molecule is Cc1cnc(Cc2ccccc2)nc1Nc1cccc(CC(=O)C(C)(C)C(C)(C)C)c1. The average Bonchev–Trinajstić information content (AvgIpc) is 2.71. The van der Waals surface area contributed by atoms with Crippen LogP contribution in [-0.4, -0.2) is 15.8 Å². The second-order valence-electron chi connectivity index (χ2n) is 9.78. The summed E-state index contributed by atoms with van der Waals surface area (Å²) in [7, 11) is 0. The van der Waals surface area contributed by atoms with Crippen LogP contribution in [0.5, 0.6) is 0 Å². The van der Waals surface area contributed by atoms with Crippen LogP contribution in [0.4, 0.5) is 11.5 Å². The number of carbonyl (C=O) groups is 1. The lowest BCUT2D eigenvalue weighted by atomic mass is 9.66. The molecule has 1 N–H and O–H groups in total. The summed E-state index contributed by atoms with van der Waals surface area (Å²) in [4.78, 5) is 22.2. The van der Waals surface area contributed by atoms with Gasteiger partial charge in [-0.15, -0.1) is 0 Å². The van der Waals surface area contributed by atoms with Crippen molar-refractivity contribution in [2.24, 2.45) is 10.8 Å². The number of aromatic nitrogens is 2. The van der Waals surface area contributed by atoms with Gasteiger partial charge in [0, 0.05) is 35.7 Å². The van der Waals surface area contributed by atoms with Gasteiger partial charge in [-0.05, 0) is 35.6 Å². The van der Waals surface area contributed by atoms with Crippen LogP contribution < -0.4 is 5.32 Å². The van der Waals surface area contributed by atoms with Crippen molar-refractivity contribution in [2.75, 3.05) is 5.32 Å². The van der Waals surface area contributed by atoms with Gasteiger partial charge in [0.25, 0.3) is 0 Å². The zero-order valence-electron chi connectivity index (χ0n) is 19.5. The summed E-state index contributed by atoms with van der Waals surface area (Å²) >= 11 is 0. The zero-order chi connectivity index (χ0) is 22.6. The maximum absolute atomic E-state index is 13.0. The van der Waals surface area contributed by atoms with Gasteiger partial charge in [0.1, 0.15) is 17.4 Å². The Bertz CT molecular complexity index is 1050. The molecule has 162 valence electrons. The van der Waals surface area contributed by atoms with E-state index in [1.54, 1.807) is 0 Å². The molecule has 0 aliphatic heterocycles. The summed E-state index contributed by atoms with van der Waals surface area (Å²) in [6.45, 7) is 12.4. The van der Waals surface area contributed by atoms with Gasteiger partial charge in [-0.3, -0.25) is 4.79 Å². The second-order valence-corrected chi connectivity index (χ2v) is 9.78. The first-order chi connectivity index (χ1) is 14.6. The van der Waals surface area contributed by atoms with E-state index in [-0.39, 0.29) is 11.2 Å². The molecule has 0 amide bonds. The Balaban J connectivity index is 1.76. The van der Waals surface area contributed by atoms with E-state index in [4.69, 9.17) is 4.98 Å². The fourth-order valence-electron chi connectivity index (χ4n) is 3.19. The first-order valence-corrected chi connectivity index (χ1v) is 10.8. The summed E-state index contributed by atoms with van der Waals surface area (Å²) < 4.78 is 0. The van der Waals surface area contributed by atoms with E-state index in [1.807, 2.05) is 69.4 Å². The van der Waals surface area contributed by atoms with Gasteiger partial charge in [-0.2, -0.15) is 0 Å². The topological polar surface area (TPSA) is 54.9 Å². The van der Waals surface area contributed by atoms with Crippen molar-refractivity contribution in [1.29, 1.82) is 0 Å². The maximum atomic E-state index is 13.0. The number of hydrogen-bond donors (Lipinski definition) is 1. The van der Waals surface area contributed by atoms with Gasteiger partial charge in [0.05, 0.1) is 0 Å². The van der Waals surface area contributed by atoms with Crippen LogP contribution in [0.3, 0.4) is 0 Å². The fraction of sp³-hybridized carbons (Fsp3) is 0.370. The molecular weight excluding hydrogens is 382 g/mol. The molecular formula is C27H33N3O. The maximum Gasteiger partial charge on any atom is 0.143 e. The van der Waals surface area contributed by atoms with Crippen molar-refractivity contribution in [1.82, 2.24) is 9.97 Å². The highest BCUT2D eigenvalue weighted by molar-refractivity contribution is 5.87. The summed E-state index contributed by atoms with van der Waals surface area (Å²) in [6, 6.07) is 18.2. The number of hydrogen-bond acceptors (Lipinski definition) is 4. The molecule has 0 saturated heterocycles. The van der Waals surface area contributed by atoms with Gasteiger partial charge < -0.3 is 5.32 Å². The molecule has 0 bridgehead atoms. The molecule has 0 aliphatic carbocycles. The van der Waals surface area contributed by atoms with Crippen molar-refractivity contribution < 1.29 is 4.79 Å². The molecule has 31 heavy (non-hydrogen) atoms. The number of rotatable bonds is 7. The molecule has 3 rings (SSSR count). The van der Waals surface area contributed by atoms with Gasteiger partial charge in [-0.25, -0.2) is 9.97 Å². The van der Waals surface area contributed by atoms with Crippen molar-refractivity contribution in [3.63, 3.8) is 0 Å². The smallest absolute Gasteiger partial charge is 0.143 e. The van der Waals surface area contributed by atoms with E-state index in [1.165, 1.54) is 5.56 Å². The normalized spacial score (nSPS) is 11.9. The Morgan fingerprint density at radius 3 is 2.29 bits per heavy atom. The minimum atomic E-state index is -0.397. The predicted molar refractivity (Wildman–Crippen MR) is 128 cm³/mol. The summed E-state index contributed by atoms with van der Waals surface area (Å²) in [5.74, 6) is 1.82. The van der Waals surface area contributed by atoms with E-state index >= 15 is 0 Å². The minimum absolute atomic E-state index is 0.0901. The molecule has 2 aromatic carbocycles. The first kappa shape index (κ1) is 22.7. The molecule has 0 spiro atoms. The van der Waals surface area contributed by atoms with Crippen LogP contribution >= 0.6 is 0 Å². The lowest BCUT2D eigenvalue weighted by Crippen LogP contribution is -2.38. The average molecular weight is 416 g/mol. The number of nitrogens with one attached hydrogen (secondary N) is 1. The van der Waals surface area contributed by atoms with Crippen LogP contribution in [0.1, 0.15) is 57.1 Å². The Labute approximate surface area is 186 Å². The number of ketones is 1. The highest BCUT2D eigenvalue weighted by atomic mass is 16.1. The third-order valence-corrected chi connectivity index (χ3v) is 6.35. The lowest BCUT2D eigenvalue weighted by molar-refractivity contribution is -0.131. The second kappa shape index (κ2) is 9.01. The molecule has 1 heterocycles. The van der Waals surface area contributed by atoms with Crippen LogP contribution in [-0.2, 0) is 17.6 Å². The zero-order valence-corrected chi connectivity index (χ0v) is 19.5. The Kier molecular flexibility index (Phi) is 6.59. The quantitative estimate of drug-likeness (QED) is 0.492. The van der Waals surface area contributed by atoms with Crippen molar-refractivity contribution in [3.8, 4) is 0 Å². The molecule has 0 aliphatic rings. The highest BCUT2D eigenvalue weighted by Crippen LogP contribution is 2.39. The van der Waals surface area contributed by atoms with Crippen molar-refractivity contribution >= 4 is 17.3 Å². The number of Topliss-reactive ketones (excluding diaryl/α,β-unsaturated/α-hetero) is 1. The molecule has 1 aromatic heterocycles. The van der Waals surface area contributed by atoms with Crippen LogP contribution in [0.2, 0.25) is 0 Å². The number of nitrogens with zero attached hydrogens (tertiary/aromatic N) is 2. The Morgan fingerprint density at radius 1 is 0.935 bits per heavy atom. The fourth-order valence-corrected chi connectivity index (χ4v) is 3.19. The third kappa shape index (κ3) is 5.57. The number of anilines is 2. The Hall–Kier alpha value is -3.01. The van der Waals surface area contributed by atoms with E-state index in [0.717, 1.165) is 28.5 Å². The van der Waals surface area contributed by atoms with E-state index < -0.39 is 5.41 Å². The lowest BCUT2D eigenvalue weighted by Gasteiger charge is -2.37. The molecule has 4 nitrogen and oxygen atoms in total. The molecule has 3 aromatic rings. The molecule has 0 fully saturated rings. The molecule has 0 saturated carbocycles. The molecule has 4 heteroatoms. The van der Waals surface area contributed by atoms with Gasteiger partial charge in [-0.1, -0.05) is 77.1 Å². The van der Waals surface area contributed by atoms with Crippen molar-refractivity contribution in [2.45, 2.75) is 54.4 Å². The van der Waals surface area contributed by atoms with Gasteiger partial charge in [0.2, 0.25) is 0 Å². The third-order valence-electron chi connectivity index (χ3n) is 6.35. The van der Waals surface area contributed by atoms with E-state index in [9.17, 15) is 4.79 Å².